The fourth-order valence-electron chi connectivity index (χ4n) is 3.51. The van der Waals surface area contributed by atoms with Crippen molar-refractivity contribution in [2.45, 2.75) is 19.4 Å². The Morgan fingerprint density at radius 1 is 1.15 bits per heavy atom. The molecule has 0 aliphatic carbocycles. The average Bonchev–Trinajstić information content (AvgIpc) is 3.26. The standard InChI is InChI=1S/C21H22N2O3/c1-14-18-12-16(25-2)8-9-19(18)22-20(14)21(24)23-11-10-17(13-23)26-15-6-4-3-5-7-15/h3-9,12,17,22H,10-11,13H2,1-2H3/t17-/m0/s1. The highest BCUT2D eigenvalue weighted by molar-refractivity contribution is 6.01. The van der Waals surface area contributed by atoms with Crippen molar-refractivity contribution in [2.24, 2.45) is 0 Å². The minimum Gasteiger partial charge on any atom is -0.497 e. The van der Waals surface area contributed by atoms with Crippen LogP contribution in [0.2, 0.25) is 0 Å². The van der Waals surface area contributed by atoms with Gasteiger partial charge in [-0.1, -0.05) is 18.2 Å². The van der Waals surface area contributed by atoms with Crippen LogP contribution in [-0.4, -0.2) is 42.1 Å². The van der Waals surface area contributed by atoms with Gasteiger partial charge in [-0.05, 0) is 42.8 Å². The first kappa shape index (κ1) is 16.5. The fourth-order valence-corrected chi connectivity index (χ4v) is 3.51. The minimum absolute atomic E-state index is 0.0248. The molecule has 1 aliphatic rings. The number of aromatic nitrogens is 1. The lowest BCUT2D eigenvalue weighted by Crippen LogP contribution is -2.31. The molecular formula is C21H22N2O3. The fraction of sp³-hybridized carbons (Fsp3) is 0.286. The summed E-state index contributed by atoms with van der Waals surface area (Å²) in [7, 11) is 1.65. The lowest BCUT2D eigenvalue weighted by molar-refractivity contribution is 0.0767. The number of methoxy groups -OCH3 is 1. The highest BCUT2D eigenvalue weighted by Crippen LogP contribution is 2.28. The van der Waals surface area contributed by atoms with E-state index in [1.165, 1.54) is 0 Å². The van der Waals surface area contributed by atoms with Gasteiger partial charge >= 0.3 is 0 Å². The van der Waals surface area contributed by atoms with Crippen molar-refractivity contribution in [3.63, 3.8) is 0 Å². The number of para-hydroxylation sites is 1. The second-order valence-electron chi connectivity index (χ2n) is 6.63. The Hall–Kier alpha value is -2.95. The normalized spacial score (nSPS) is 16.8. The Balaban J connectivity index is 1.51. The average molecular weight is 350 g/mol. The maximum Gasteiger partial charge on any atom is 0.270 e. The van der Waals surface area contributed by atoms with Gasteiger partial charge in [-0.25, -0.2) is 0 Å². The molecule has 26 heavy (non-hydrogen) atoms. The number of carbonyl (C=O) groups is 1. The quantitative estimate of drug-likeness (QED) is 0.779. The number of aryl methyl sites for hydroxylation is 1. The molecule has 1 N–H and O–H groups in total. The topological polar surface area (TPSA) is 54.6 Å². The van der Waals surface area contributed by atoms with Gasteiger partial charge in [0, 0.05) is 23.9 Å². The number of rotatable bonds is 4. The van der Waals surface area contributed by atoms with E-state index >= 15 is 0 Å². The molecule has 1 aliphatic heterocycles. The summed E-state index contributed by atoms with van der Waals surface area (Å²) >= 11 is 0. The first-order valence-corrected chi connectivity index (χ1v) is 8.83. The van der Waals surface area contributed by atoms with Gasteiger partial charge in [0.2, 0.25) is 0 Å². The third-order valence-corrected chi connectivity index (χ3v) is 4.96. The lowest BCUT2D eigenvalue weighted by Gasteiger charge is -2.17. The second kappa shape index (κ2) is 6.75. The predicted molar refractivity (Wildman–Crippen MR) is 101 cm³/mol. The molecule has 1 atom stereocenters. The van der Waals surface area contributed by atoms with Gasteiger partial charge in [0.1, 0.15) is 23.3 Å². The van der Waals surface area contributed by atoms with Gasteiger partial charge in [-0.15, -0.1) is 0 Å². The highest BCUT2D eigenvalue weighted by atomic mass is 16.5. The first-order chi connectivity index (χ1) is 12.7. The number of nitrogens with zero attached hydrogens (tertiary/aromatic N) is 1. The molecule has 1 aromatic heterocycles. The Kier molecular flexibility index (Phi) is 4.29. The lowest BCUT2D eigenvalue weighted by atomic mass is 10.1. The first-order valence-electron chi connectivity index (χ1n) is 8.83. The SMILES string of the molecule is COc1ccc2[nH]c(C(=O)N3CC[C@H](Oc4ccccc4)C3)c(C)c2c1. The molecule has 5 heteroatoms. The van der Waals surface area contributed by atoms with Crippen molar-refractivity contribution in [1.29, 1.82) is 0 Å². The highest BCUT2D eigenvalue weighted by Gasteiger charge is 2.30. The van der Waals surface area contributed by atoms with E-state index in [-0.39, 0.29) is 12.0 Å². The number of benzene rings is 2. The Morgan fingerprint density at radius 3 is 2.73 bits per heavy atom. The number of hydrogen-bond donors (Lipinski definition) is 1. The predicted octanol–water partition coefficient (Wildman–Crippen LogP) is 3.78. The summed E-state index contributed by atoms with van der Waals surface area (Å²) in [5.74, 6) is 1.66. The molecule has 0 unspecified atom stereocenters. The van der Waals surface area contributed by atoms with Crippen LogP contribution in [0.1, 0.15) is 22.5 Å². The van der Waals surface area contributed by atoms with Gasteiger partial charge in [0.05, 0.1) is 13.7 Å². The van der Waals surface area contributed by atoms with Crippen molar-refractivity contribution in [3.05, 3.63) is 59.8 Å². The van der Waals surface area contributed by atoms with Crippen molar-refractivity contribution in [2.75, 3.05) is 20.2 Å². The number of nitrogens with one attached hydrogen (secondary N) is 1. The van der Waals surface area contributed by atoms with E-state index in [1.807, 2.05) is 60.4 Å². The van der Waals surface area contributed by atoms with Crippen molar-refractivity contribution in [1.82, 2.24) is 9.88 Å². The summed E-state index contributed by atoms with van der Waals surface area (Å²) in [5.41, 5.74) is 2.55. The zero-order valence-corrected chi connectivity index (χ0v) is 15.0. The Bertz CT molecular complexity index is 933. The molecule has 2 aromatic carbocycles. The second-order valence-corrected chi connectivity index (χ2v) is 6.63. The summed E-state index contributed by atoms with van der Waals surface area (Å²) < 4.78 is 11.3. The Labute approximate surface area is 152 Å². The van der Waals surface area contributed by atoms with Crippen LogP contribution >= 0.6 is 0 Å². The van der Waals surface area contributed by atoms with Crippen LogP contribution in [0.25, 0.3) is 10.9 Å². The number of carbonyl (C=O) groups excluding carboxylic acids is 1. The summed E-state index contributed by atoms with van der Waals surface area (Å²) in [6.07, 6.45) is 0.874. The van der Waals surface area contributed by atoms with Crippen LogP contribution in [0, 0.1) is 6.92 Å². The van der Waals surface area contributed by atoms with Crippen molar-refractivity contribution < 1.29 is 14.3 Å². The van der Waals surface area contributed by atoms with E-state index in [2.05, 4.69) is 4.98 Å². The molecule has 0 spiro atoms. The van der Waals surface area contributed by atoms with Crippen LogP contribution < -0.4 is 9.47 Å². The van der Waals surface area contributed by atoms with E-state index in [1.54, 1.807) is 7.11 Å². The third-order valence-electron chi connectivity index (χ3n) is 4.96. The molecule has 2 heterocycles. The van der Waals surface area contributed by atoms with Crippen LogP contribution in [0.4, 0.5) is 0 Å². The zero-order chi connectivity index (χ0) is 18.1. The molecular weight excluding hydrogens is 328 g/mol. The van der Waals surface area contributed by atoms with E-state index in [0.29, 0.717) is 18.8 Å². The summed E-state index contributed by atoms with van der Waals surface area (Å²) in [5, 5.41) is 1.02. The summed E-state index contributed by atoms with van der Waals surface area (Å²) in [6, 6.07) is 15.6. The molecule has 0 radical (unpaired) electrons. The van der Waals surface area contributed by atoms with Gasteiger partial charge < -0.3 is 19.4 Å². The maximum absolute atomic E-state index is 13.0. The Morgan fingerprint density at radius 2 is 1.96 bits per heavy atom. The minimum atomic E-state index is 0.0248. The monoisotopic (exact) mass is 350 g/mol. The van der Waals surface area contributed by atoms with Crippen LogP contribution in [0.5, 0.6) is 11.5 Å². The maximum atomic E-state index is 13.0. The molecule has 5 nitrogen and oxygen atoms in total. The molecule has 0 bridgehead atoms. The number of likely N-dealkylation sites (tertiary alicyclic amines) is 1. The van der Waals surface area contributed by atoms with Crippen molar-refractivity contribution >= 4 is 16.8 Å². The summed E-state index contributed by atoms with van der Waals surface area (Å²) in [4.78, 5) is 18.1. The molecule has 3 aromatic rings. The molecule has 134 valence electrons. The number of amides is 1. The summed E-state index contributed by atoms with van der Waals surface area (Å²) in [6.45, 7) is 3.28. The van der Waals surface area contributed by atoms with Crippen molar-refractivity contribution in [3.8, 4) is 11.5 Å². The molecule has 1 fully saturated rings. The smallest absolute Gasteiger partial charge is 0.270 e. The van der Waals surface area contributed by atoms with E-state index in [0.717, 1.165) is 34.4 Å². The van der Waals surface area contributed by atoms with E-state index in [9.17, 15) is 4.79 Å². The number of fused-ring (bicyclic) bond motifs is 1. The van der Waals surface area contributed by atoms with E-state index in [4.69, 9.17) is 9.47 Å². The van der Waals surface area contributed by atoms with Gasteiger partial charge in [-0.2, -0.15) is 0 Å². The van der Waals surface area contributed by atoms with Gasteiger partial charge in [0.25, 0.3) is 5.91 Å². The third kappa shape index (κ3) is 3.01. The van der Waals surface area contributed by atoms with Crippen LogP contribution in [0.15, 0.2) is 48.5 Å². The largest absolute Gasteiger partial charge is 0.497 e. The number of H-pyrrole nitrogens is 1. The van der Waals surface area contributed by atoms with Gasteiger partial charge in [0.15, 0.2) is 0 Å². The molecule has 0 saturated carbocycles. The number of hydrogen-bond acceptors (Lipinski definition) is 3. The number of aromatic amines is 1. The number of ether oxygens (including phenoxy) is 2. The zero-order valence-electron chi connectivity index (χ0n) is 15.0. The van der Waals surface area contributed by atoms with E-state index < -0.39 is 0 Å². The van der Waals surface area contributed by atoms with Crippen LogP contribution in [-0.2, 0) is 0 Å². The van der Waals surface area contributed by atoms with Crippen LogP contribution in [0.3, 0.4) is 0 Å². The molecule has 4 rings (SSSR count). The molecule has 1 saturated heterocycles. The van der Waals surface area contributed by atoms with Gasteiger partial charge in [-0.3, -0.25) is 4.79 Å². The molecule has 1 amide bonds.